The van der Waals surface area contributed by atoms with E-state index in [2.05, 4.69) is 271 Å². The number of rotatable bonds is 7. The second-order valence-corrected chi connectivity index (χ2v) is 20.1. The summed E-state index contributed by atoms with van der Waals surface area (Å²) in [5, 5.41) is 7.15. The highest BCUT2D eigenvalue weighted by molar-refractivity contribution is 6.21. The van der Waals surface area contributed by atoms with Gasteiger partial charge in [0.2, 0.25) is 0 Å². The summed E-state index contributed by atoms with van der Waals surface area (Å²) in [5.74, 6) is 0. The van der Waals surface area contributed by atoms with Crippen molar-refractivity contribution in [3.8, 4) is 44.8 Å². The van der Waals surface area contributed by atoms with E-state index >= 15 is 0 Å². The van der Waals surface area contributed by atoms with Crippen molar-refractivity contribution in [2.24, 2.45) is 0 Å². The zero-order chi connectivity index (χ0) is 48.4. The van der Waals surface area contributed by atoms with Crippen LogP contribution in [-0.4, -0.2) is 9.13 Å². The van der Waals surface area contributed by atoms with Crippen LogP contribution in [0.15, 0.2) is 253 Å². The van der Waals surface area contributed by atoms with Gasteiger partial charge in [-0.2, -0.15) is 0 Å². The second-order valence-electron chi connectivity index (χ2n) is 20.1. The molecule has 0 atom stereocenters. The number of aromatic nitrogens is 2. The molecule has 0 unspecified atom stereocenters. The third-order valence-corrected chi connectivity index (χ3v) is 15.7. The second kappa shape index (κ2) is 15.8. The number of hydrogen-bond acceptors (Lipinski definition) is 2. The van der Waals surface area contributed by atoms with Gasteiger partial charge in [-0.05, 0) is 142 Å². The molecule has 0 spiro atoms. The molecule has 1 aliphatic carbocycles. The molecule has 0 aliphatic heterocycles. The Balaban J connectivity index is 0.807. The molecule has 3 heterocycles. The molecule has 0 radical (unpaired) electrons. The Morgan fingerprint density at radius 2 is 0.863 bits per heavy atom. The Morgan fingerprint density at radius 3 is 1.60 bits per heavy atom. The van der Waals surface area contributed by atoms with Gasteiger partial charge in [-0.3, -0.25) is 0 Å². The first-order valence-corrected chi connectivity index (χ1v) is 25.2. The number of hydrogen-bond donors (Lipinski definition) is 0. The molecule has 11 aromatic carbocycles. The van der Waals surface area contributed by atoms with Crippen LogP contribution in [-0.2, 0) is 5.41 Å². The van der Waals surface area contributed by atoms with Crippen molar-refractivity contribution in [1.29, 1.82) is 0 Å². The molecule has 0 bridgehead atoms. The summed E-state index contributed by atoms with van der Waals surface area (Å²) in [6.07, 6.45) is 0. The minimum absolute atomic E-state index is 0.132. The van der Waals surface area contributed by atoms with E-state index in [4.69, 9.17) is 4.42 Å². The molecule has 0 saturated heterocycles. The first-order chi connectivity index (χ1) is 36.0. The highest BCUT2D eigenvalue weighted by Gasteiger charge is 2.36. The lowest BCUT2D eigenvalue weighted by atomic mass is 9.82. The predicted molar refractivity (Wildman–Crippen MR) is 306 cm³/mol. The first-order valence-electron chi connectivity index (χ1n) is 25.2. The molecule has 3 aromatic heterocycles. The van der Waals surface area contributed by atoms with Gasteiger partial charge in [-0.15, -0.1) is 0 Å². The van der Waals surface area contributed by atoms with Crippen molar-refractivity contribution in [3.05, 3.63) is 260 Å². The van der Waals surface area contributed by atoms with Gasteiger partial charge in [0.05, 0.1) is 22.1 Å². The smallest absolute Gasteiger partial charge is 0.160 e. The fourth-order valence-electron chi connectivity index (χ4n) is 12.2. The van der Waals surface area contributed by atoms with E-state index in [1.54, 1.807) is 0 Å². The maximum atomic E-state index is 6.63. The van der Waals surface area contributed by atoms with Gasteiger partial charge in [0, 0.05) is 66.2 Å². The largest absolute Gasteiger partial charge is 0.454 e. The van der Waals surface area contributed by atoms with E-state index in [9.17, 15) is 0 Å². The van der Waals surface area contributed by atoms with Crippen molar-refractivity contribution in [2.75, 3.05) is 4.90 Å². The van der Waals surface area contributed by atoms with Crippen LogP contribution in [0.5, 0.6) is 0 Å². The lowest BCUT2D eigenvalue weighted by Gasteiger charge is -2.28. The Morgan fingerprint density at radius 1 is 0.342 bits per heavy atom. The van der Waals surface area contributed by atoms with Crippen molar-refractivity contribution >= 4 is 82.6 Å². The summed E-state index contributed by atoms with van der Waals surface area (Å²) in [5.41, 5.74) is 21.9. The van der Waals surface area contributed by atoms with Crippen LogP contribution in [0.4, 0.5) is 17.1 Å². The van der Waals surface area contributed by atoms with Crippen LogP contribution in [0.3, 0.4) is 0 Å². The van der Waals surface area contributed by atoms with E-state index < -0.39 is 0 Å². The number of fused-ring (bicyclic) bond motifs is 13. The first kappa shape index (κ1) is 41.4. The highest BCUT2D eigenvalue weighted by atomic mass is 16.3. The Bertz CT molecular complexity index is 4500. The molecule has 344 valence electrons. The lowest BCUT2D eigenvalue weighted by molar-refractivity contribution is 0.660. The number of furan rings is 1. The zero-order valence-electron chi connectivity index (χ0n) is 40.4. The zero-order valence-corrected chi connectivity index (χ0v) is 40.4. The summed E-state index contributed by atoms with van der Waals surface area (Å²) in [6.45, 7) is 4.71. The van der Waals surface area contributed by atoms with Crippen LogP contribution in [0.2, 0.25) is 0 Å². The van der Waals surface area contributed by atoms with Crippen molar-refractivity contribution in [3.63, 3.8) is 0 Å². The molecular weight excluding hydrogens is 887 g/mol. The summed E-state index contributed by atoms with van der Waals surface area (Å²) in [6, 6.07) is 90.8. The van der Waals surface area contributed by atoms with Crippen molar-refractivity contribution in [1.82, 2.24) is 9.13 Å². The molecule has 0 amide bonds. The summed E-state index contributed by atoms with van der Waals surface area (Å²) in [7, 11) is 0. The SMILES string of the molecule is CC1(C)c2ccccc2-c2ccc(N(c3ccc(-c4ccc(-n5c6ccccc6c6ccc7c8ccccc8oc7c65)cc4)cc3)c3ccc(-c4ccc5c(c4)c4ccccc4n5-c4ccccc4)cc3)cc21. The molecule has 14 aromatic rings. The highest BCUT2D eigenvalue weighted by Crippen LogP contribution is 2.51. The molecule has 0 fully saturated rings. The van der Waals surface area contributed by atoms with Gasteiger partial charge in [-0.25, -0.2) is 0 Å². The van der Waals surface area contributed by atoms with E-state index in [0.29, 0.717) is 0 Å². The maximum absolute atomic E-state index is 6.63. The summed E-state index contributed by atoms with van der Waals surface area (Å²) in [4.78, 5) is 2.41. The molecule has 4 heteroatoms. The molecular formula is C69H47N3O. The minimum atomic E-state index is -0.132. The van der Waals surface area contributed by atoms with Crippen molar-refractivity contribution < 1.29 is 4.42 Å². The average Bonchev–Trinajstić information content (AvgIpc) is 4.19. The third kappa shape index (κ3) is 6.27. The van der Waals surface area contributed by atoms with Gasteiger partial charge in [-0.1, -0.05) is 166 Å². The number of anilines is 3. The standard InChI is InChI=1S/C69H47N3O/c1-69(2)61-20-10-6-16-53(61)54-38-37-52(43-62(54)69)70(50-33-28-46(29-34-50)47-30-41-65-60(42-47)56-18-8-11-21-63(56)71(65)48-14-4-3-5-15-48)49-31-24-44(25-32-49)45-26-35-51(36-27-45)72-64-22-12-7-17-55(64)58-39-40-59-57-19-9-13-23-66(57)73-68(59)67(58)72/h3-43H,1-2H3. The van der Waals surface area contributed by atoms with Crippen LogP contribution in [0.25, 0.3) is 110 Å². The van der Waals surface area contributed by atoms with E-state index in [0.717, 1.165) is 72.5 Å². The Kier molecular flexibility index (Phi) is 8.97. The topological polar surface area (TPSA) is 26.2 Å². The summed E-state index contributed by atoms with van der Waals surface area (Å²) < 4.78 is 11.4. The molecule has 15 rings (SSSR count). The van der Waals surface area contributed by atoms with E-state index in [1.165, 1.54) is 66.0 Å². The predicted octanol–water partition coefficient (Wildman–Crippen LogP) is 18.9. The Labute approximate surface area is 422 Å². The summed E-state index contributed by atoms with van der Waals surface area (Å²) >= 11 is 0. The fraction of sp³-hybridized carbons (Fsp3) is 0.0435. The third-order valence-electron chi connectivity index (χ3n) is 15.7. The number of para-hydroxylation sites is 4. The maximum Gasteiger partial charge on any atom is 0.160 e. The van der Waals surface area contributed by atoms with E-state index in [1.807, 2.05) is 6.07 Å². The minimum Gasteiger partial charge on any atom is -0.454 e. The van der Waals surface area contributed by atoms with Crippen LogP contribution in [0, 0.1) is 0 Å². The fourth-order valence-corrected chi connectivity index (χ4v) is 12.2. The van der Waals surface area contributed by atoms with Gasteiger partial charge < -0.3 is 18.5 Å². The van der Waals surface area contributed by atoms with Gasteiger partial charge >= 0.3 is 0 Å². The average molecular weight is 934 g/mol. The molecule has 0 saturated carbocycles. The van der Waals surface area contributed by atoms with Crippen molar-refractivity contribution in [2.45, 2.75) is 19.3 Å². The monoisotopic (exact) mass is 933 g/mol. The van der Waals surface area contributed by atoms with Gasteiger partial charge in [0.15, 0.2) is 5.58 Å². The Hall–Kier alpha value is -9.38. The van der Waals surface area contributed by atoms with E-state index in [-0.39, 0.29) is 5.41 Å². The molecule has 0 N–H and O–H groups in total. The molecule has 73 heavy (non-hydrogen) atoms. The van der Waals surface area contributed by atoms with Gasteiger partial charge in [0.1, 0.15) is 5.58 Å². The van der Waals surface area contributed by atoms with Gasteiger partial charge in [0.25, 0.3) is 0 Å². The molecule has 4 nitrogen and oxygen atoms in total. The molecule has 1 aliphatic rings. The number of nitrogens with zero attached hydrogens (tertiary/aromatic N) is 3. The van der Waals surface area contributed by atoms with Crippen LogP contribution >= 0.6 is 0 Å². The van der Waals surface area contributed by atoms with Crippen LogP contribution < -0.4 is 4.90 Å². The number of benzene rings is 11. The lowest BCUT2D eigenvalue weighted by Crippen LogP contribution is -2.16. The normalized spacial score (nSPS) is 12.9. The van der Waals surface area contributed by atoms with Crippen LogP contribution in [0.1, 0.15) is 25.0 Å². The quantitative estimate of drug-likeness (QED) is 0.159.